The van der Waals surface area contributed by atoms with Crippen molar-refractivity contribution in [1.29, 1.82) is 5.26 Å². The molecule has 1 aromatic rings. The first-order valence-electron chi connectivity index (χ1n) is 7.76. The van der Waals surface area contributed by atoms with E-state index in [4.69, 9.17) is 5.26 Å². The molecule has 1 saturated carbocycles. The molecular weight excluding hydrogens is 261 g/mol. The van der Waals surface area contributed by atoms with E-state index in [1.54, 1.807) is 18.2 Å². The zero-order chi connectivity index (χ0) is 14.9. The summed E-state index contributed by atoms with van der Waals surface area (Å²) in [6.45, 7) is 0. The lowest BCUT2D eigenvalue weighted by atomic mass is 9.77. The van der Waals surface area contributed by atoms with Crippen LogP contribution in [0.2, 0.25) is 0 Å². The summed E-state index contributed by atoms with van der Waals surface area (Å²) in [6, 6.07) is 8.99. The van der Waals surface area contributed by atoms with Crippen molar-refractivity contribution < 1.29 is 4.39 Å². The number of rotatable bonds is 5. The molecule has 0 bridgehead atoms. The van der Waals surface area contributed by atoms with Crippen LogP contribution in [0.4, 0.5) is 4.39 Å². The highest BCUT2D eigenvalue weighted by molar-refractivity contribution is 5.20. The van der Waals surface area contributed by atoms with Crippen LogP contribution < -0.4 is 0 Å². The first-order valence-corrected chi connectivity index (χ1v) is 7.76. The van der Waals surface area contributed by atoms with Gasteiger partial charge in [0.2, 0.25) is 0 Å². The third-order valence-corrected chi connectivity index (χ3v) is 4.35. The Hall–Kier alpha value is -1.88. The van der Waals surface area contributed by atoms with Gasteiger partial charge in [0.15, 0.2) is 0 Å². The van der Waals surface area contributed by atoms with Gasteiger partial charge in [-0.15, -0.1) is 0 Å². The molecule has 0 spiro atoms. The molecule has 0 atom stereocenters. The van der Waals surface area contributed by atoms with Crippen molar-refractivity contribution in [3.8, 4) is 6.07 Å². The molecule has 0 heterocycles. The second-order valence-electron chi connectivity index (χ2n) is 5.76. The van der Waals surface area contributed by atoms with Crippen molar-refractivity contribution in [2.75, 3.05) is 0 Å². The molecule has 0 saturated heterocycles. The van der Waals surface area contributed by atoms with Crippen molar-refractivity contribution >= 4 is 0 Å². The molecule has 1 aliphatic carbocycles. The summed E-state index contributed by atoms with van der Waals surface area (Å²) >= 11 is 0. The minimum Gasteiger partial charge on any atom is -0.207 e. The van der Waals surface area contributed by atoms with Crippen LogP contribution >= 0.6 is 0 Å². The number of halogens is 1. The minimum absolute atomic E-state index is 0.148. The summed E-state index contributed by atoms with van der Waals surface area (Å²) in [5, 5.41) is 8.37. The van der Waals surface area contributed by atoms with Crippen molar-refractivity contribution in [3.05, 3.63) is 60.0 Å². The van der Waals surface area contributed by atoms with Gasteiger partial charge in [0.1, 0.15) is 5.82 Å². The van der Waals surface area contributed by atoms with E-state index < -0.39 is 0 Å². The van der Waals surface area contributed by atoms with Crippen LogP contribution in [0.15, 0.2) is 48.6 Å². The normalized spacial score (nSPS) is 22.7. The Morgan fingerprint density at radius 2 is 1.81 bits per heavy atom. The van der Waals surface area contributed by atoms with E-state index in [2.05, 4.69) is 6.08 Å². The molecule has 0 aliphatic heterocycles. The van der Waals surface area contributed by atoms with E-state index in [0.717, 1.165) is 12.3 Å². The number of hydrogen-bond acceptors (Lipinski definition) is 1. The number of nitriles is 1. The second-order valence-corrected chi connectivity index (χ2v) is 5.76. The first-order chi connectivity index (χ1) is 10.3. The maximum absolute atomic E-state index is 12.9. The number of hydrogen-bond donors (Lipinski definition) is 0. The van der Waals surface area contributed by atoms with Crippen LogP contribution in [0.3, 0.4) is 0 Å². The van der Waals surface area contributed by atoms with E-state index in [1.165, 1.54) is 43.7 Å². The van der Waals surface area contributed by atoms with E-state index in [1.807, 2.05) is 24.3 Å². The van der Waals surface area contributed by atoms with Crippen molar-refractivity contribution in [2.45, 2.75) is 44.4 Å². The summed E-state index contributed by atoms with van der Waals surface area (Å²) in [6.07, 6.45) is 14.6. The number of allylic oxidation sites excluding steroid dienone is 4. The second kappa shape index (κ2) is 8.42. The predicted molar refractivity (Wildman–Crippen MR) is 84.2 cm³/mol. The average Bonchev–Trinajstić information content (AvgIpc) is 2.52. The van der Waals surface area contributed by atoms with Crippen molar-refractivity contribution in [3.63, 3.8) is 0 Å². The quantitative estimate of drug-likeness (QED) is 0.516. The van der Waals surface area contributed by atoms with Crippen molar-refractivity contribution in [1.82, 2.24) is 0 Å². The fraction of sp³-hybridized carbons (Fsp3) is 0.421. The Morgan fingerprint density at radius 1 is 1.10 bits per heavy atom. The van der Waals surface area contributed by atoms with Gasteiger partial charge in [0, 0.05) is 6.08 Å². The standard InChI is InChI=1S/C19H22FN/c20-19-13-11-18(12-14-19)17-9-7-16(8-10-17)6-4-2-1-3-5-15-21/h1-3,5,11-14,16-17H,4,6-10H2/b2-1+,5-3+/t16-,17-. The molecule has 0 radical (unpaired) electrons. The zero-order valence-electron chi connectivity index (χ0n) is 12.3. The summed E-state index contributed by atoms with van der Waals surface area (Å²) in [4.78, 5) is 0. The van der Waals surface area contributed by atoms with Gasteiger partial charge in [-0.2, -0.15) is 5.26 Å². The molecule has 2 heteroatoms. The highest BCUT2D eigenvalue weighted by atomic mass is 19.1. The number of benzene rings is 1. The molecule has 1 nitrogen and oxygen atoms in total. The highest BCUT2D eigenvalue weighted by Crippen LogP contribution is 2.37. The minimum atomic E-state index is -0.148. The van der Waals surface area contributed by atoms with Gasteiger partial charge in [0.05, 0.1) is 6.07 Å². The molecule has 0 N–H and O–H groups in total. The summed E-state index contributed by atoms with van der Waals surface area (Å²) in [5.74, 6) is 1.27. The fourth-order valence-electron chi connectivity index (χ4n) is 3.12. The van der Waals surface area contributed by atoms with Gasteiger partial charge >= 0.3 is 0 Å². The van der Waals surface area contributed by atoms with Gasteiger partial charge in [0.25, 0.3) is 0 Å². The van der Waals surface area contributed by atoms with E-state index in [0.29, 0.717) is 5.92 Å². The van der Waals surface area contributed by atoms with Gasteiger partial charge < -0.3 is 0 Å². The Labute approximate surface area is 126 Å². The largest absolute Gasteiger partial charge is 0.207 e. The summed E-state index contributed by atoms with van der Waals surface area (Å²) in [7, 11) is 0. The highest BCUT2D eigenvalue weighted by Gasteiger charge is 2.21. The molecule has 0 unspecified atom stereocenters. The smallest absolute Gasteiger partial charge is 0.123 e. The molecule has 1 fully saturated rings. The molecule has 0 amide bonds. The predicted octanol–water partition coefficient (Wildman–Crippen LogP) is 5.52. The molecule has 110 valence electrons. The fourth-order valence-corrected chi connectivity index (χ4v) is 3.12. The van der Waals surface area contributed by atoms with Crippen LogP contribution in [0.1, 0.15) is 50.0 Å². The first kappa shape index (κ1) is 15.5. The monoisotopic (exact) mass is 283 g/mol. The van der Waals surface area contributed by atoms with Crippen LogP contribution in [0.25, 0.3) is 0 Å². The lowest BCUT2D eigenvalue weighted by Crippen LogP contribution is -2.13. The van der Waals surface area contributed by atoms with E-state index in [9.17, 15) is 4.39 Å². The zero-order valence-corrected chi connectivity index (χ0v) is 12.3. The molecule has 1 aliphatic rings. The molecule has 0 aromatic heterocycles. The SMILES string of the molecule is N#C/C=C/C=C/CC[C@H]1CC[C@H](c2ccc(F)cc2)CC1. The maximum Gasteiger partial charge on any atom is 0.123 e. The molecular formula is C19H22FN. The van der Waals surface area contributed by atoms with E-state index >= 15 is 0 Å². The average molecular weight is 283 g/mol. The Kier molecular flexibility index (Phi) is 6.22. The van der Waals surface area contributed by atoms with Crippen LogP contribution in [0, 0.1) is 23.1 Å². The van der Waals surface area contributed by atoms with Gasteiger partial charge in [-0.25, -0.2) is 4.39 Å². The van der Waals surface area contributed by atoms with Gasteiger partial charge in [-0.3, -0.25) is 0 Å². The third kappa shape index (κ3) is 5.19. The van der Waals surface area contributed by atoms with Crippen LogP contribution in [0.5, 0.6) is 0 Å². The van der Waals surface area contributed by atoms with Gasteiger partial charge in [-0.05, 0) is 68.1 Å². The summed E-state index contributed by atoms with van der Waals surface area (Å²) in [5.41, 5.74) is 1.29. The lowest BCUT2D eigenvalue weighted by molar-refractivity contribution is 0.312. The summed E-state index contributed by atoms with van der Waals surface area (Å²) < 4.78 is 12.9. The van der Waals surface area contributed by atoms with Crippen LogP contribution in [-0.2, 0) is 0 Å². The Morgan fingerprint density at radius 3 is 2.48 bits per heavy atom. The van der Waals surface area contributed by atoms with Gasteiger partial charge in [-0.1, -0.05) is 30.4 Å². The Balaban J connectivity index is 1.71. The van der Waals surface area contributed by atoms with Crippen molar-refractivity contribution in [2.24, 2.45) is 5.92 Å². The molecule has 21 heavy (non-hydrogen) atoms. The van der Waals surface area contributed by atoms with E-state index in [-0.39, 0.29) is 5.82 Å². The topological polar surface area (TPSA) is 23.8 Å². The van der Waals surface area contributed by atoms with Crippen LogP contribution in [-0.4, -0.2) is 0 Å². The molecule has 1 aromatic carbocycles. The number of nitrogens with zero attached hydrogens (tertiary/aromatic N) is 1. The lowest BCUT2D eigenvalue weighted by Gasteiger charge is -2.28. The maximum atomic E-state index is 12.9. The molecule has 2 rings (SSSR count). The Bertz CT molecular complexity index is 513. The third-order valence-electron chi connectivity index (χ3n) is 4.35.